The van der Waals surface area contributed by atoms with E-state index in [2.05, 4.69) is 15.5 Å². The Labute approximate surface area is 132 Å². The van der Waals surface area contributed by atoms with Crippen LogP contribution in [-0.4, -0.2) is 32.7 Å². The minimum atomic E-state index is -0.884. The van der Waals surface area contributed by atoms with Crippen LogP contribution in [-0.2, 0) is 16.0 Å². The van der Waals surface area contributed by atoms with Crippen LogP contribution >= 0.6 is 0 Å². The minimum absolute atomic E-state index is 0.00496. The van der Waals surface area contributed by atoms with Gasteiger partial charge in [-0.15, -0.1) is 0 Å². The number of carboxylic acids is 1. The van der Waals surface area contributed by atoms with Gasteiger partial charge < -0.3 is 19.4 Å². The number of furan rings is 1. The van der Waals surface area contributed by atoms with Gasteiger partial charge in [-0.25, -0.2) is 0 Å². The van der Waals surface area contributed by atoms with Crippen LogP contribution in [0, 0.1) is 0 Å². The van der Waals surface area contributed by atoms with Crippen LogP contribution in [0.3, 0.4) is 0 Å². The molecule has 0 saturated carbocycles. The molecule has 0 aromatic carbocycles. The van der Waals surface area contributed by atoms with Crippen molar-refractivity contribution in [2.24, 2.45) is 0 Å². The Morgan fingerprint density at radius 3 is 2.78 bits per heavy atom. The van der Waals surface area contributed by atoms with Gasteiger partial charge in [0.25, 0.3) is 0 Å². The highest BCUT2D eigenvalue weighted by Crippen LogP contribution is 2.16. The Bertz CT molecular complexity index is 660. The van der Waals surface area contributed by atoms with Crippen molar-refractivity contribution in [3.05, 3.63) is 24.5 Å². The minimum Gasteiger partial charge on any atom is -0.481 e. The van der Waals surface area contributed by atoms with E-state index >= 15 is 0 Å². The number of amides is 1. The molecule has 0 radical (unpaired) electrons. The molecule has 0 atom stereocenters. The molecule has 1 amide bonds. The van der Waals surface area contributed by atoms with Crippen LogP contribution in [0.2, 0.25) is 0 Å². The lowest BCUT2D eigenvalue weighted by Crippen LogP contribution is -2.43. The molecule has 2 aromatic heterocycles. The van der Waals surface area contributed by atoms with Gasteiger partial charge in [-0.2, -0.15) is 4.98 Å². The summed E-state index contributed by atoms with van der Waals surface area (Å²) in [6, 6.07) is 1.71. The van der Waals surface area contributed by atoms with Gasteiger partial charge in [-0.3, -0.25) is 9.59 Å². The van der Waals surface area contributed by atoms with Crippen molar-refractivity contribution in [1.82, 2.24) is 15.5 Å². The summed E-state index contributed by atoms with van der Waals surface area (Å²) < 4.78 is 10.0. The van der Waals surface area contributed by atoms with E-state index in [1.165, 1.54) is 12.5 Å². The van der Waals surface area contributed by atoms with Gasteiger partial charge in [-0.05, 0) is 26.3 Å². The lowest BCUT2D eigenvalue weighted by Gasteiger charge is -2.25. The lowest BCUT2D eigenvalue weighted by atomic mass is 9.98. The summed E-state index contributed by atoms with van der Waals surface area (Å²) in [5.74, 6) is -0.302. The molecule has 2 aromatic rings. The average molecular weight is 321 g/mol. The molecule has 0 saturated heterocycles. The van der Waals surface area contributed by atoms with E-state index in [-0.39, 0.29) is 18.7 Å². The van der Waals surface area contributed by atoms with Crippen molar-refractivity contribution in [2.45, 2.75) is 45.1 Å². The van der Waals surface area contributed by atoms with Crippen molar-refractivity contribution in [3.8, 4) is 11.4 Å². The Balaban J connectivity index is 1.81. The largest absolute Gasteiger partial charge is 0.481 e. The van der Waals surface area contributed by atoms with Crippen LogP contribution in [0.25, 0.3) is 11.4 Å². The normalized spacial score (nSPS) is 11.4. The molecule has 0 unspecified atom stereocenters. The van der Waals surface area contributed by atoms with Gasteiger partial charge in [0.15, 0.2) is 0 Å². The van der Waals surface area contributed by atoms with Crippen molar-refractivity contribution in [2.75, 3.05) is 0 Å². The van der Waals surface area contributed by atoms with E-state index in [1.807, 2.05) is 0 Å². The molecule has 2 N–H and O–H groups in total. The molecule has 0 aliphatic carbocycles. The molecule has 2 heterocycles. The van der Waals surface area contributed by atoms with E-state index in [4.69, 9.17) is 14.0 Å². The van der Waals surface area contributed by atoms with Gasteiger partial charge in [0.05, 0.1) is 11.8 Å². The second-order valence-electron chi connectivity index (χ2n) is 5.85. The molecule has 8 nitrogen and oxygen atoms in total. The van der Waals surface area contributed by atoms with Crippen molar-refractivity contribution >= 4 is 11.9 Å². The zero-order valence-corrected chi connectivity index (χ0v) is 13.0. The first-order chi connectivity index (χ1) is 10.9. The van der Waals surface area contributed by atoms with E-state index in [0.29, 0.717) is 30.1 Å². The van der Waals surface area contributed by atoms with Crippen LogP contribution in [0.15, 0.2) is 27.5 Å². The highest BCUT2D eigenvalue weighted by molar-refractivity contribution is 5.77. The molecule has 0 spiro atoms. The maximum atomic E-state index is 11.9. The first-order valence-electron chi connectivity index (χ1n) is 7.24. The van der Waals surface area contributed by atoms with Gasteiger partial charge in [-0.1, -0.05) is 5.16 Å². The Morgan fingerprint density at radius 1 is 1.35 bits per heavy atom. The first-order valence-corrected chi connectivity index (χ1v) is 7.24. The molecule has 124 valence electrons. The number of aromatic nitrogens is 2. The third kappa shape index (κ3) is 5.24. The predicted molar refractivity (Wildman–Crippen MR) is 79.4 cm³/mol. The predicted octanol–water partition coefficient (Wildman–Crippen LogP) is 2.02. The monoisotopic (exact) mass is 321 g/mol. The summed E-state index contributed by atoms with van der Waals surface area (Å²) in [7, 11) is 0. The van der Waals surface area contributed by atoms with Crippen LogP contribution in [0.1, 0.15) is 39.0 Å². The lowest BCUT2D eigenvalue weighted by molar-refractivity contribution is -0.137. The number of carboxylic acid groups (broad SMARTS) is 1. The van der Waals surface area contributed by atoms with Gasteiger partial charge >= 0.3 is 5.97 Å². The number of nitrogens with zero attached hydrogens (tertiary/aromatic N) is 2. The molecule has 8 heteroatoms. The number of aryl methyl sites for hydroxylation is 1. The van der Waals surface area contributed by atoms with E-state index in [9.17, 15) is 9.59 Å². The molecule has 0 fully saturated rings. The van der Waals surface area contributed by atoms with Gasteiger partial charge in [0.1, 0.15) is 6.26 Å². The summed E-state index contributed by atoms with van der Waals surface area (Å²) in [6.07, 6.45) is 3.88. The van der Waals surface area contributed by atoms with Crippen LogP contribution in [0.5, 0.6) is 0 Å². The summed E-state index contributed by atoms with van der Waals surface area (Å²) in [5, 5.41) is 15.3. The number of carbonyl (C=O) groups is 2. The average Bonchev–Trinajstić information content (AvgIpc) is 3.13. The second-order valence-corrected chi connectivity index (χ2v) is 5.85. The molecule has 2 rings (SSSR count). The number of hydrogen-bond acceptors (Lipinski definition) is 6. The highest BCUT2D eigenvalue weighted by atomic mass is 16.5. The molecule has 23 heavy (non-hydrogen) atoms. The topological polar surface area (TPSA) is 118 Å². The number of hydrogen-bond donors (Lipinski definition) is 2. The van der Waals surface area contributed by atoms with Gasteiger partial charge in [0, 0.05) is 24.8 Å². The maximum absolute atomic E-state index is 11.9. The first kappa shape index (κ1) is 16.7. The highest BCUT2D eigenvalue weighted by Gasteiger charge is 2.21. The third-order valence-electron chi connectivity index (χ3n) is 3.26. The fraction of sp³-hybridized carbons (Fsp3) is 0.467. The Kier molecular flexibility index (Phi) is 5.15. The van der Waals surface area contributed by atoms with E-state index in [0.717, 1.165) is 0 Å². The summed E-state index contributed by atoms with van der Waals surface area (Å²) in [5.41, 5.74) is 0.131. The van der Waals surface area contributed by atoms with Gasteiger partial charge in [0.2, 0.25) is 17.6 Å². The van der Waals surface area contributed by atoms with E-state index in [1.54, 1.807) is 19.9 Å². The maximum Gasteiger partial charge on any atom is 0.303 e. The summed E-state index contributed by atoms with van der Waals surface area (Å²) >= 11 is 0. The molecular weight excluding hydrogens is 302 g/mol. The molecular formula is C15H19N3O5. The number of rotatable bonds is 8. The van der Waals surface area contributed by atoms with Crippen LogP contribution < -0.4 is 5.32 Å². The molecule has 0 bridgehead atoms. The molecule has 0 aliphatic heterocycles. The zero-order chi connectivity index (χ0) is 16.9. The Hall–Kier alpha value is -2.64. The smallest absolute Gasteiger partial charge is 0.303 e. The van der Waals surface area contributed by atoms with Crippen molar-refractivity contribution < 1.29 is 23.6 Å². The number of nitrogens with one attached hydrogen (secondary N) is 1. The van der Waals surface area contributed by atoms with Crippen molar-refractivity contribution in [3.63, 3.8) is 0 Å². The SMILES string of the molecule is CC(C)(CCC(=O)O)NC(=O)CCc1nc(-c2ccoc2)no1. The zero-order valence-electron chi connectivity index (χ0n) is 13.0. The Morgan fingerprint density at radius 2 is 2.13 bits per heavy atom. The van der Waals surface area contributed by atoms with E-state index < -0.39 is 11.5 Å². The third-order valence-corrected chi connectivity index (χ3v) is 3.26. The second kappa shape index (κ2) is 7.08. The number of aliphatic carboxylic acids is 1. The fourth-order valence-corrected chi connectivity index (χ4v) is 2.01. The van der Waals surface area contributed by atoms with Crippen LogP contribution in [0.4, 0.5) is 0 Å². The van der Waals surface area contributed by atoms with Crippen molar-refractivity contribution in [1.29, 1.82) is 0 Å². The summed E-state index contributed by atoms with van der Waals surface area (Å²) in [6.45, 7) is 3.58. The molecule has 0 aliphatic rings. The fourth-order valence-electron chi connectivity index (χ4n) is 2.01. The number of carbonyl (C=O) groups excluding carboxylic acids is 1. The quantitative estimate of drug-likeness (QED) is 0.763. The standard InChI is InChI=1S/C15H19N3O5/c1-15(2,7-5-13(20)21)17-11(19)3-4-12-16-14(18-23-12)10-6-8-22-9-10/h6,8-9H,3-5,7H2,1-2H3,(H,17,19)(H,20,21). The summed E-state index contributed by atoms with van der Waals surface area (Å²) in [4.78, 5) is 26.7.